The quantitative estimate of drug-likeness (QED) is 0.635. The number of ether oxygens (including phenoxy) is 2. The fourth-order valence-corrected chi connectivity index (χ4v) is 3.32. The van der Waals surface area contributed by atoms with E-state index in [1.807, 2.05) is 37.3 Å². The average molecular weight is 368 g/mol. The topological polar surface area (TPSA) is 35.5 Å². The van der Waals surface area contributed by atoms with Crippen LogP contribution < -0.4 is 4.74 Å². The molecule has 3 nitrogen and oxygen atoms in total. The van der Waals surface area contributed by atoms with Crippen LogP contribution >= 0.6 is 0 Å². The number of aryl methyl sites for hydroxylation is 1. The van der Waals surface area contributed by atoms with E-state index in [0.717, 1.165) is 36.0 Å². The van der Waals surface area contributed by atoms with E-state index < -0.39 is 0 Å². The largest absolute Gasteiger partial charge is 0.486 e. The summed E-state index contributed by atoms with van der Waals surface area (Å²) in [6.45, 7) is 2.37. The van der Waals surface area contributed by atoms with Gasteiger partial charge >= 0.3 is 5.97 Å². The highest BCUT2D eigenvalue weighted by atomic mass is 19.1. The fourth-order valence-electron chi connectivity index (χ4n) is 3.32. The van der Waals surface area contributed by atoms with Gasteiger partial charge in [0.15, 0.2) is 11.6 Å². The molecule has 0 saturated heterocycles. The summed E-state index contributed by atoms with van der Waals surface area (Å²) in [5, 5.41) is 0. The standard InChI is InChI=1S/C23H25FO3/c1-16-3-5-18(6-4-16)15-27-22-12-11-20(14-21(22)24)19-9-7-17(8-10-19)13-23(25)26-2/h3-6,9,11-12,14,17H,7-8,10,13,15H2,1-2H3. The van der Waals surface area contributed by atoms with Crippen molar-refractivity contribution in [3.05, 3.63) is 71.0 Å². The van der Waals surface area contributed by atoms with E-state index in [-0.39, 0.29) is 17.5 Å². The summed E-state index contributed by atoms with van der Waals surface area (Å²) in [5.74, 6) is 0.0534. The highest BCUT2D eigenvalue weighted by Gasteiger charge is 2.19. The van der Waals surface area contributed by atoms with Gasteiger partial charge < -0.3 is 9.47 Å². The Kier molecular flexibility index (Phi) is 6.28. The molecule has 0 radical (unpaired) electrons. The van der Waals surface area contributed by atoms with Crippen molar-refractivity contribution in [1.29, 1.82) is 0 Å². The predicted octanol–water partition coefficient (Wildman–Crippen LogP) is 5.46. The van der Waals surface area contributed by atoms with Gasteiger partial charge in [-0.2, -0.15) is 0 Å². The SMILES string of the molecule is COC(=O)CC1CC=C(c2ccc(OCc3ccc(C)cc3)c(F)c2)CC1. The van der Waals surface area contributed by atoms with Crippen LogP contribution in [0.15, 0.2) is 48.5 Å². The Labute approximate surface area is 159 Å². The van der Waals surface area contributed by atoms with Crippen LogP contribution in [-0.4, -0.2) is 13.1 Å². The van der Waals surface area contributed by atoms with E-state index in [1.54, 1.807) is 6.07 Å². The maximum absolute atomic E-state index is 14.5. The Balaban J connectivity index is 1.61. The van der Waals surface area contributed by atoms with Gasteiger partial charge in [-0.05, 0) is 60.9 Å². The van der Waals surface area contributed by atoms with Gasteiger partial charge in [0.25, 0.3) is 0 Å². The van der Waals surface area contributed by atoms with Gasteiger partial charge in [0, 0.05) is 6.42 Å². The van der Waals surface area contributed by atoms with Crippen molar-refractivity contribution < 1.29 is 18.7 Å². The van der Waals surface area contributed by atoms with Crippen LogP contribution in [0.25, 0.3) is 5.57 Å². The Morgan fingerprint density at radius 2 is 1.96 bits per heavy atom. The smallest absolute Gasteiger partial charge is 0.305 e. The van der Waals surface area contributed by atoms with Gasteiger partial charge in [-0.3, -0.25) is 4.79 Å². The Bertz CT molecular complexity index is 824. The number of carbonyl (C=O) groups excluding carboxylic acids is 1. The number of hydrogen-bond donors (Lipinski definition) is 0. The fraction of sp³-hybridized carbons (Fsp3) is 0.348. The van der Waals surface area contributed by atoms with Crippen LogP contribution in [0, 0.1) is 18.7 Å². The van der Waals surface area contributed by atoms with Crippen molar-refractivity contribution in [1.82, 2.24) is 0 Å². The second kappa shape index (κ2) is 8.85. The second-order valence-corrected chi connectivity index (χ2v) is 7.07. The summed E-state index contributed by atoms with van der Waals surface area (Å²) in [4.78, 5) is 11.4. The summed E-state index contributed by atoms with van der Waals surface area (Å²) < 4.78 is 24.8. The van der Waals surface area contributed by atoms with E-state index in [2.05, 4.69) is 6.08 Å². The molecule has 0 aliphatic heterocycles. The molecule has 0 aromatic heterocycles. The summed E-state index contributed by atoms with van der Waals surface area (Å²) in [5.41, 5.74) is 4.20. The van der Waals surface area contributed by atoms with Gasteiger partial charge in [0.2, 0.25) is 0 Å². The van der Waals surface area contributed by atoms with E-state index in [9.17, 15) is 9.18 Å². The molecule has 2 aromatic carbocycles. The Hall–Kier alpha value is -2.62. The lowest BCUT2D eigenvalue weighted by atomic mass is 9.85. The molecule has 0 fully saturated rings. The Morgan fingerprint density at radius 1 is 1.19 bits per heavy atom. The molecule has 1 aliphatic rings. The first-order chi connectivity index (χ1) is 13.0. The minimum atomic E-state index is -0.350. The monoisotopic (exact) mass is 368 g/mol. The van der Waals surface area contributed by atoms with Gasteiger partial charge in [0.05, 0.1) is 7.11 Å². The molecule has 0 N–H and O–H groups in total. The van der Waals surface area contributed by atoms with Crippen molar-refractivity contribution in [3.63, 3.8) is 0 Å². The number of rotatable bonds is 6. The molecule has 0 heterocycles. The molecule has 0 spiro atoms. The van der Waals surface area contributed by atoms with E-state index in [1.165, 1.54) is 18.7 Å². The normalized spacial score (nSPS) is 16.6. The molecule has 0 amide bonds. The number of allylic oxidation sites excluding steroid dienone is 2. The first kappa shape index (κ1) is 19.2. The van der Waals surface area contributed by atoms with Crippen molar-refractivity contribution in [3.8, 4) is 5.75 Å². The van der Waals surface area contributed by atoms with Crippen LogP contribution in [-0.2, 0) is 16.1 Å². The number of halogens is 1. The first-order valence-corrected chi connectivity index (χ1v) is 9.29. The van der Waals surface area contributed by atoms with E-state index >= 15 is 0 Å². The van der Waals surface area contributed by atoms with Crippen LogP contribution in [0.2, 0.25) is 0 Å². The maximum Gasteiger partial charge on any atom is 0.305 e. The number of esters is 1. The molecule has 1 atom stereocenters. The molecule has 1 aliphatic carbocycles. The molecule has 0 saturated carbocycles. The molecule has 1 unspecified atom stereocenters. The molecular formula is C23H25FO3. The van der Waals surface area contributed by atoms with Crippen LogP contribution in [0.4, 0.5) is 4.39 Å². The summed E-state index contributed by atoms with van der Waals surface area (Å²) in [6.07, 6.45) is 5.12. The summed E-state index contributed by atoms with van der Waals surface area (Å²) >= 11 is 0. The van der Waals surface area contributed by atoms with Gasteiger partial charge in [-0.15, -0.1) is 0 Å². The minimum absolute atomic E-state index is 0.169. The lowest BCUT2D eigenvalue weighted by Crippen LogP contribution is -2.12. The third kappa shape index (κ3) is 5.19. The number of carbonyl (C=O) groups is 1. The zero-order chi connectivity index (χ0) is 19.2. The number of methoxy groups -OCH3 is 1. The lowest BCUT2D eigenvalue weighted by Gasteiger charge is -2.21. The molecule has 0 bridgehead atoms. The van der Waals surface area contributed by atoms with Gasteiger partial charge in [-0.1, -0.05) is 42.0 Å². The minimum Gasteiger partial charge on any atom is -0.486 e. The first-order valence-electron chi connectivity index (χ1n) is 9.29. The lowest BCUT2D eigenvalue weighted by molar-refractivity contribution is -0.141. The number of hydrogen-bond acceptors (Lipinski definition) is 3. The average Bonchev–Trinajstić information content (AvgIpc) is 2.69. The second-order valence-electron chi connectivity index (χ2n) is 7.07. The third-order valence-electron chi connectivity index (χ3n) is 5.02. The van der Waals surface area contributed by atoms with Crippen molar-refractivity contribution >= 4 is 11.5 Å². The van der Waals surface area contributed by atoms with Gasteiger partial charge in [0.1, 0.15) is 6.61 Å². The Morgan fingerprint density at radius 3 is 2.59 bits per heavy atom. The van der Waals surface area contributed by atoms with Crippen molar-refractivity contribution in [2.24, 2.45) is 5.92 Å². The molecular weight excluding hydrogens is 343 g/mol. The highest BCUT2D eigenvalue weighted by Crippen LogP contribution is 2.33. The van der Waals surface area contributed by atoms with Gasteiger partial charge in [-0.25, -0.2) is 4.39 Å². The third-order valence-corrected chi connectivity index (χ3v) is 5.02. The molecule has 27 heavy (non-hydrogen) atoms. The molecule has 4 heteroatoms. The van der Waals surface area contributed by atoms with Crippen molar-refractivity contribution in [2.75, 3.05) is 7.11 Å². The number of benzene rings is 2. The van der Waals surface area contributed by atoms with Crippen LogP contribution in [0.3, 0.4) is 0 Å². The molecule has 2 aromatic rings. The maximum atomic E-state index is 14.5. The van der Waals surface area contributed by atoms with Crippen molar-refractivity contribution in [2.45, 2.75) is 39.2 Å². The zero-order valence-corrected chi connectivity index (χ0v) is 15.8. The van der Waals surface area contributed by atoms with E-state index in [4.69, 9.17) is 9.47 Å². The summed E-state index contributed by atoms with van der Waals surface area (Å²) in [6, 6.07) is 13.1. The predicted molar refractivity (Wildman–Crippen MR) is 104 cm³/mol. The van der Waals surface area contributed by atoms with E-state index in [0.29, 0.717) is 18.9 Å². The van der Waals surface area contributed by atoms with Crippen LogP contribution in [0.1, 0.15) is 42.4 Å². The molecule has 142 valence electrons. The summed E-state index contributed by atoms with van der Waals surface area (Å²) in [7, 11) is 1.41. The highest BCUT2D eigenvalue weighted by molar-refractivity contribution is 5.70. The zero-order valence-electron chi connectivity index (χ0n) is 15.8. The van der Waals surface area contributed by atoms with Crippen LogP contribution in [0.5, 0.6) is 5.75 Å². The molecule has 3 rings (SSSR count).